The molecule has 0 fully saturated rings. The molecule has 0 bridgehead atoms. The van der Waals surface area contributed by atoms with Crippen molar-refractivity contribution in [2.24, 2.45) is 5.73 Å². The van der Waals surface area contributed by atoms with Gasteiger partial charge in [-0.05, 0) is 42.3 Å². The van der Waals surface area contributed by atoms with Crippen molar-refractivity contribution in [3.63, 3.8) is 0 Å². The van der Waals surface area contributed by atoms with E-state index in [1.807, 2.05) is 6.92 Å². The molecule has 2 nitrogen and oxygen atoms in total. The Hall–Kier alpha value is -2.01. The van der Waals surface area contributed by atoms with Crippen LogP contribution in [0.25, 0.3) is 0 Å². The van der Waals surface area contributed by atoms with Crippen molar-refractivity contribution >= 4 is 17.2 Å². The summed E-state index contributed by atoms with van der Waals surface area (Å²) >= 11 is 4.76. The van der Waals surface area contributed by atoms with Gasteiger partial charge in [-0.3, -0.25) is 0 Å². The second kappa shape index (κ2) is 5.96. The van der Waals surface area contributed by atoms with Gasteiger partial charge in [0.15, 0.2) is 11.6 Å². The van der Waals surface area contributed by atoms with E-state index in [0.717, 1.165) is 5.56 Å². The fraction of sp³-hybridized carbons (Fsp3) is 0.133. The Balaban J connectivity index is 2.17. The highest BCUT2D eigenvalue weighted by atomic mass is 32.1. The number of thiocarbonyl (C=S) groups is 1. The molecule has 0 spiro atoms. The Morgan fingerprint density at radius 1 is 1.15 bits per heavy atom. The normalized spacial score (nSPS) is 10.3. The standard InChI is InChI=1S/C15H13F2NOS/c1-9-2-4-13(17)14(6-9)19-8-10-3-5-12(16)11(7-10)15(18)20/h2-7H,8H2,1H3,(H2,18,20). The van der Waals surface area contributed by atoms with E-state index in [4.69, 9.17) is 22.7 Å². The van der Waals surface area contributed by atoms with Crippen LogP contribution in [0.3, 0.4) is 0 Å². The van der Waals surface area contributed by atoms with Gasteiger partial charge in [0, 0.05) is 5.56 Å². The molecular weight excluding hydrogens is 280 g/mol. The van der Waals surface area contributed by atoms with Crippen LogP contribution in [-0.2, 0) is 6.61 Å². The zero-order valence-electron chi connectivity index (χ0n) is 10.8. The lowest BCUT2D eigenvalue weighted by Crippen LogP contribution is -2.12. The van der Waals surface area contributed by atoms with Crippen molar-refractivity contribution in [1.29, 1.82) is 0 Å². The number of rotatable bonds is 4. The van der Waals surface area contributed by atoms with Crippen LogP contribution >= 0.6 is 12.2 Å². The van der Waals surface area contributed by atoms with E-state index in [9.17, 15) is 8.78 Å². The van der Waals surface area contributed by atoms with Crippen molar-refractivity contribution in [1.82, 2.24) is 0 Å². The number of aryl methyl sites for hydroxylation is 1. The fourth-order valence-electron chi connectivity index (χ4n) is 1.73. The number of ether oxygens (including phenoxy) is 1. The van der Waals surface area contributed by atoms with Crippen molar-refractivity contribution in [3.05, 3.63) is 64.7 Å². The van der Waals surface area contributed by atoms with E-state index >= 15 is 0 Å². The van der Waals surface area contributed by atoms with E-state index in [1.165, 1.54) is 18.2 Å². The van der Waals surface area contributed by atoms with Crippen LogP contribution in [-0.4, -0.2) is 4.99 Å². The first-order valence-electron chi connectivity index (χ1n) is 5.94. The molecule has 2 N–H and O–H groups in total. The molecule has 0 saturated carbocycles. The summed E-state index contributed by atoms with van der Waals surface area (Å²) < 4.78 is 32.3. The topological polar surface area (TPSA) is 35.2 Å². The molecule has 20 heavy (non-hydrogen) atoms. The molecule has 0 heterocycles. The van der Waals surface area contributed by atoms with Crippen LogP contribution < -0.4 is 10.5 Å². The smallest absolute Gasteiger partial charge is 0.165 e. The van der Waals surface area contributed by atoms with Gasteiger partial charge in [0.25, 0.3) is 0 Å². The Labute approximate surface area is 121 Å². The summed E-state index contributed by atoms with van der Waals surface area (Å²) in [4.78, 5) is -0.0221. The monoisotopic (exact) mass is 293 g/mol. The molecule has 0 aromatic heterocycles. The van der Waals surface area contributed by atoms with Crippen LogP contribution in [0.1, 0.15) is 16.7 Å². The lowest BCUT2D eigenvalue weighted by molar-refractivity contribution is 0.290. The van der Waals surface area contributed by atoms with Crippen LogP contribution in [0.5, 0.6) is 5.75 Å². The number of nitrogens with two attached hydrogens (primary N) is 1. The van der Waals surface area contributed by atoms with Gasteiger partial charge < -0.3 is 10.5 Å². The highest BCUT2D eigenvalue weighted by molar-refractivity contribution is 7.80. The molecule has 0 aliphatic carbocycles. The van der Waals surface area contributed by atoms with Crippen LogP contribution in [0, 0.1) is 18.6 Å². The minimum atomic E-state index is -0.483. The molecule has 2 aromatic rings. The average molecular weight is 293 g/mol. The molecule has 0 aliphatic heterocycles. The molecule has 2 rings (SSSR count). The van der Waals surface area contributed by atoms with Crippen molar-refractivity contribution in [2.45, 2.75) is 13.5 Å². The van der Waals surface area contributed by atoms with E-state index in [2.05, 4.69) is 0 Å². The van der Waals surface area contributed by atoms with Gasteiger partial charge in [0.1, 0.15) is 17.4 Å². The maximum Gasteiger partial charge on any atom is 0.165 e. The number of hydrogen-bond acceptors (Lipinski definition) is 2. The summed E-state index contributed by atoms with van der Waals surface area (Å²) in [5.74, 6) is -0.763. The minimum absolute atomic E-state index is 0.0221. The Morgan fingerprint density at radius 2 is 1.85 bits per heavy atom. The zero-order chi connectivity index (χ0) is 14.7. The first-order chi connectivity index (χ1) is 9.47. The van der Waals surface area contributed by atoms with Gasteiger partial charge in [0.05, 0.1) is 0 Å². The SMILES string of the molecule is Cc1ccc(F)c(OCc2ccc(F)c(C(N)=S)c2)c1. The van der Waals surface area contributed by atoms with Crippen LogP contribution in [0.2, 0.25) is 0 Å². The van der Waals surface area contributed by atoms with Gasteiger partial charge in [-0.25, -0.2) is 8.78 Å². The van der Waals surface area contributed by atoms with Gasteiger partial charge in [0.2, 0.25) is 0 Å². The maximum atomic E-state index is 13.5. The highest BCUT2D eigenvalue weighted by Gasteiger charge is 2.08. The predicted octanol–water partition coefficient (Wildman–Crippen LogP) is 3.49. The lowest BCUT2D eigenvalue weighted by Gasteiger charge is -2.09. The van der Waals surface area contributed by atoms with E-state index in [1.54, 1.807) is 18.2 Å². The molecule has 0 radical (unpaired) electrons. The van der Waals surface area contributed by atoms with Crippen molar-refractivity contribution < 1.29 is 13.5 Å². The number of halogens is 2. The number of benzene rings is 2. The largest absolute Gasteiger partial charge is 0.486 e. The molecule has 0 saturated heterocycles. The van der Waals surface area contributed by atoms with Crippen molar-refractivity contribution in [3.8, 4) is 5.75 Å². The second-order valence-electron chi connectivity index (χ2n) is 4.40. The summed E-state index contributed by atoms with van der Waals surface area (Å²) in [5.41, 5.74) is 7.14. The van der Waals surface area contributed by atoms with Gasteiger partial charge >= 0.3 is 0 Å². The summed E-state index contributed by atoms with van der Waals surface area (Å²) in [6, 6.07) is 8.92. The van der Waals surface area contributed by atoms with Crippen molar-refractivity contribution in [2.75, 3.05) is 0 Å². The molecule has 0 amide bonds. The third-order valence-corrected chi connectivity index (χ3v) is 3.00. The van der Waals surface area contributed by atoms with E-state index < -0.39 is 11.6 Å². The molecule has 2 aromatic carbocycles. The maximum absolute atomic E-state index is 13.5. The Kier molecular flexibility index (Phi) is 4.29. The molecule has 5 heteroatoms. The summed E-state index contributed by atoms with van der Waals surface area (Å²) in [5, 5.41) is 0. The summed E-state index contributed by atoms with van der Waals surface area (Å²) in [7, 11) is 0. The number of hydrogen-bond donors (Lipinski definition) is 1. The molecule has 0 unspecified atom stereocenters. The predicted molar refractivity (Wildman–Crippen MR) is 77.8 cm³/mol. The van der Waals surface area contributed by atoms with Crippen LogP contribution in [0.4, 0.5) is 8.78 Å². The van der Waals surface area contributed by atoms with Crippen LogP contribution in [0.15, 0.2) is 36.4 Å². The van der Waals surface area contributed by atoms with E-state index in [-0.39, 0.29) is 22.9 Å². The first-order valence-corrected chi connectivity index (χ1v) is 6.35. The second-order valence-corrected chi connectivity index (χ2v) is 4.84. The lowest BCUT2D eigenvalue weighted by atomic mass is 10.1. The molecule has 0 atom stereocenters. The highest BCUT2D eigenvalue weighted by Crippen LogP contribution is 2.20. The van der Waals surface area contributed by atoms with Gasteiger partial charge in [-0.15, -0.1) is 0 Å². The van der Waals surface area contributed by atoms with Gasteiger partial charge in [-0.1, -0.05) is 24.4 Å². The Bertz CT molecular complexity index is 658. The average Bonchev–Trinajstić information content (AvgIpc) is 2.41. The zero-order valence-corrected chi connectivity index (χ0v) is 11.6. The third kappa shape index (κ3) is 3.30. The molecule has 104 valence electrons. The van der Waals surface area contributed by atoms with Gasteiger partial charge in [-0.2, -0.15) is 0 Å². The third-order valence-electron chi connectivity index (χ3n) is 2.78. The molecular formula is C15H13F2NOS. The molecule has 0 aliphatic rings. The Morgan fingerprint density at radius 3 is 2.55 bits per heavy atom. The van der Waals surface area contributed by atoms with E-state index in [0.29, 0.717) is 5.56 Å². The minimum Gasteiger partial charge on any atom is -0.486 e. The summed E-state index contributed by atoms with van der Waals surface area (Å²) in [6.45, 7) is 1.95. The fourth-order valence-corrected chi connectivity index (χ4v) is 1.89. The first kappa shape index (κ1) is 14.4. The summed E-state index contributed by atoms with van der Waals surface area (Å²) in [6.07, 6.45) is 0. The quantitative estimate of drug-likeness (QED) is 0.877.